The fraction of sp³-hybridized carbons (Fsp3) is 0.348. The third-order valence-corrected chi connectivity index (χ3v) is 5.69. The van der Waals surface area contributed by atoms with Crippen molar-refractivity contribution in [2.75, 3.05) is 39.4 Å². The van der Waals surface area contributed by atoms with Crippen LogP contribution in [0, 0.1) is 0 Å². The molecule has 0 aliphatic heterocycles. The fourth-order valence-corrected chi connectivity index (χ4v) is 3.90. The van der Waals surface area contributed by atoms with E-state index in [2.05, 4.69) is 17.1 Å². The number of unbranched alkanes of at least 4 members (excludes halogenated alkanes) is 1. The summed E-state index contributed by atoms with van der Waals surface area (Å²) in [6, 6.07) is 12.9. The number of anilines is 1. The molecule has 170 valence electrons. The first-order valence-corrected chi connectivity index (χ1v) is 11.0. The van der Waals surface area contributed by atoms with Crippen molar-refractivity contribution in [1.29, 1.82) is 0 Å². The van der Waals surface area contributed by atoms with Gasteiger partial charge in [0.05, 0.1) is 21.3 Å². The molecular formula is C23H27N3O5S. The zero-order valence-corrected chi connectivity index (χ0v) is 19.5. The van der Waals surface area contributed by atoms with Gasteiger partial charge in [-0.2, -0.15) is 0 Å². The molecule has 0 N–H and O–H groups in total. The summed E-state index contributed by atoms with van der Waals surface area (Å²) in [4.78, 5) is 14.6. The number of benzene rings is 2. The Morgan fingerprint density at radius 3 is 2.28 bits per heavy atom. The summed E-state index contributed by atoms with van der Waals surface area (Å²) < 4.78 is 21.9. The van der Waals surface area contributed by atoms with E-state index >= 15 is 0 Å². The quantitative estimate of drug-likeness (QED) is 0.421. The molecule has 0 unspecified atom stereocenters. The maximum atomic E-state index is 12.9. The predicted octanol–water partition coefficient (Wildman–Crippen LogP) is 4.44. The van der Waals surface area contributed by atoms with Gasteiger partial charge in [-0.3, -0.25) is 9.69 Å². The molecule has 0 aliphatic rings. The molecule has 0 saturated carbocycles. The lowest BCUT2D eigenvalue weighted by atomic mass is 10.2. The van der Waals surface area contributed by atoms with Crippen molar-refractivity contribution >= 4 is 22.4 Å². The molecule has 0 atom stereocenters. The number of para-hydroxylation sites is 1. The second-order valence-electron chi connectivity index (χ2n) is 6.80. The average Bonchev–Trinajstić information content (AvgIpc) is 3.32. The van der Waals surface area contributed by atoms with Crippen LogP contribution in [-0.4, -0.2) is 50.6 Å². The molecule has 9 heteroatoms. The molecule has 0 aliphatic carbocycles. The van der Waals surface area contributed by atoms with Gasteiger partial charge >= 0.3 is 0 Å². The normalized spacial score (nSPS) is 10.5. The number of nitrogens with zero attached hydrogens (tertiary/aromatic N) is 3. The van der Waals surface area contributed by atoms with Crippen molar-refractivity contribution in [3.63, 3.8) is 0 Å². The molecule has 0 spiro atoms. The minimum Gasteiger partial charge on any atom is -0.493 e. The van der Waals surface area contributed by atoms with Crippen LogP contribution in [0.15, 0.2) is 42.5 Å². The summed E-state index contributed by atoms with van der Waals surface area (Å²) in [6.07, 6.45) is 1.79. The number of carbonyl (C=O) groups is 1. The molecule has 32 heavy (non-hydrogen) atoms. The van der Waals surface area contributed by atoms with Gasteiger partial charge < -0.3 is 18.9 Å². The first-order valence-electron chi connectivity index (χ1n) is 10.2. The van der Waals surface area contributed by atoms with Gasteiger partial charge in [0.25, 0.3) is 5.91 Å². The number of methoxy groups -OCH3 is 3. The lowest BCUT2D eigenvalue weighted by Gasteiger charge is -2.19. The third-order valence-electron chi connectivity index (χ3n) is 4.70. The van der Waals surface area contributed by atoms with Gasteiger partial charge in [-0.05, 0) is 30.7 Å². The Labute approximate surface area is 191 Å². The van der Waals surface area contributed by atoms with Crippen LogP contribution in [0.3, 0.4) is 0 Å². The van der Waals surface area contributed by atoms with Crippen molar-refractivity contribution in [2.45, 2.75) is 19.8 Å². The van der Waals surface area contributed by atoms with Crippen molar-refractivity contribution in [3.8, 4) is 33.6 Å². The van der Waals surface area contributed by atoms with Gasteiger partial charge in [0.15, 0.2) is 18.1 Å². The Kier molecular flexibility index (Phi) is 8.27. The van der Waals surface area contributed by atoms with Crippen LogP contribution < -0.4 is 23.8 Å². The van der Waals surface area contributed by atoms with Crippen LogP contribution in [0.4, 0.5) is 5.13 Å². The summed E-state index contributed by atoms with van der Waals surface area (Å²) in [5.41, 5.74) is 0.756. The van der Waals surface area contributed by atoms with Crippen molar-refractivity contribution in [1.82, 2.24) is 10.2 Å². The van der Waals surface area contributed by atoms with E-state index in [0.717, 1.165) is 18.4 Å². The highest BCUT2D eigenvalue weighted by Gasteiger charge is 2.22. The minimum atomic E-state index is -0.171. The molecule has 0 fully saturated rings. The Balaban J connectivity index is 1.84. The standard InChI is InChI=1S/C23H27N3O5S/c1-5-6-12-26(20(27)15-31-17-10-8-7-9-11-17)23-25-24-22(32-23)16-13-18(28-2)21(30-4)19(14-16)29-3/h7-11,13-14H,5-6,12,15H2,1-4H3. The van der Waals surface area contributed by atoms with Gasteiger partial charge in [-0.15, -0.1) is 10.2 Å². The summed E-state index contributed by atoms with van der Waals surface area (Å²) in [5.74, 6) is 2.02. The second kappa shape index (κ2) is 11.3. The van der Waals surface area contributed by atoms with Crippen LogP contribution in [0.25, 0.3) is 10.6 Å². The van der Waals surface area contributed by atoms with E-state index in [0.29, 0.717) is 39.7 Å². The molecular weight excluding hydrogens is 430 g/mol. The minimum absolute atomic E-state index is 0.0766. The summed E-state index contributed by atoms with van der Waals surface area (Å²) in [6.45, 7) is 2.54. The van der Waals surface area contributed by atoms with E-state index in [9.17, 15) is 4.79 Å². The maximum absolute atomic E-state index is 12.9. The summed E-state index contributed by atoms with van der Waals surface area (Å²) >= 11 is 1.32. The van der Waals surface area contributed by atoms with Crippen molar-refractivity contribution in [2.24, 2.45) is 0 Å². The maximum Gasteiger partial charge on any atom is 0.266 e. The van der Waals surface area contributed by atoms with Crippen LogP contribution in [0.2, 0.25) is 0 Å². The van der Waals surface area contributed by atoms with Crippen LogP contribution in [0.5, 0.6) is 23.0 Å². The topological polar surface area (TPSA) is 83.0 Å². The molecule has 1 heterocycles. The second-order valence-corrected chi connectivity index (χ2v) is 7.76. The smallest absolute Gasteiger partial charge is 0.266 e. The average molecular weight is 458 g/mol. The number of ether oxygens (including phenoxy) is 4. The molecule has 0 bridgehead atoms. The molecule has 0 saturated heterocycles. The first-order chi connectivity index (χ1) is 15.6. The Morgan fingerprint density at radius 2 is 1.69 bits per heavy atom. The highest BCUT2D eigenvalue weighted by atomic mass is 32.1. The zero-order valence-electron chi connectivity index (χ0n) is 18.7. The van der Waals surface area contributed by atoms with Crippen LogP contribution in [-0.2, 0) is 4.79 Å². The van der Waals surface area contributed by atoms with Gasteiger partial charge in [-0.25, -0.2) is 0 Å². The van der Waals surface area contributed by atoms with E-state index in [1.165, 1.54) is 11.3 Å². The first kappa shape index (κ1) is 23.3. The molecule has 1 aromatic heterocycles. The van der Waals surface area contributed by atoms with Crippen molar-refractivity contribution in [3.05, 3.63) is 42.5 Å². The van der Waals surface area contributed by atoms with Gasteiger partial charge in [0.1, 0.15) is 10.8 Å². The largest absolute Gasteiger partial charge is 0.493 e. The van der Waals surface area contributed by atoms with E-state index in [-0.39, 0.29) is 12.5 Å². The molecule has 1 amide bonds. The van der Waals surface area contributed by atoms with Gasteiger partial charge in [0.2, 0.25) is 10.9 Å². The van der Waals surface area contributed by atoms with Gasteiger partial charge in [0, 0.05) is 12.1 Å². The SMILES string of the molecule is CCCCN(C(=O)COc1ccccc1)c1nnc(-c2cc(OC)c(OC)c(OC)c2)s1. The fourth-order valence-electron chi connectivity index (χ4n) is 3.03. The summed E-state index contributed by atoms with van der Waals surface area (Å²) in [7, 11) is 4.67. The molecule has 0 radical (unpaired) electrons. The number of rotatable bonds is 11. The highest BCUT2D eigenvalue weighted by molar-refractivity contribution is 7.18. The third kappa shape index (κ3) is 5.47. The summed E-state index contributed by atoms with van der Waals surface area (Å²) in [5, 5.41) is 9.74. The van der Waals surface area contributed by atoms with E-state index in [1.54, 1.807) is 26.2 Å². The molecule has 3 aromatic rings. The lowest BCUT2D eigenvalue weighted by Crippen LogP contribution is -2.35. The number of amides is 1. The molecule has 8 nitrogen and oxygen atoms in total. The highest BCUT2D eigenvalue weighted by Crippen LogP contribution is 2.42. The predicted molar refractivity (Wildman–Crippen MR) is 124 cm³/mol. The van der Waals surface area contributed by atoms with Gasteiger partial charge in [-0.1, -0.05) is 42.9 Å². The van der Waals surface area contributed by atoms with Crippen LogP contribution in [0.1, 0.15) is 19.8 Å². The number of aromatic nitrogens is 2. The molecule has 3 rings (SSSR count). The van der Waals surface area contributed by atoms with E-state index < -0.39 is 0 Å². The van der Waals surface area contributed by atoms with Crippen LogP contribution >= 0.6 is 11.3 Å². The Hall–Kier alpha value is -3.33. The number of hydrogen-bond acceptors (Lipinski definition) is 8. The van der Waals surface area contributed by atoms with E-state index in [4.69, 9.17) is 18.9 Å². The number of carbonyl (C=O) groups excluding carboxylic acids is 1. The monoisotopic (exact) mass is 457 g/mol. The Bertz CT molecular complexity index is 1000. The van der Waals surface area contributed by atoms with E-state index in [1.807, 2.05) is 42.5 Å². The van der Waals surface area contributed by atoms with Crippen molar-refractivity contribution < 1.29 is 23.7 Å². The lowest BCUT2D eigenvalue weighted by molar-refractivity contribution is -0.120. The zero-order chi connectivity index (χ0) is 22.9. The Morgan fingerprint density at radius 1 is 1.00 bits per heavy atom. The number of hydrogen-bond donors (Lipinski definition) is 0. The molecule has 2 aromatic carbocycles.